The number of aromatic nitrogens is 5. The molecule has 0 spiro atoms. The number of ether oxygens (including phenoxy) is 1. The zero-order chi connectivity index (χ0) is 25.1. The number of hydrazine groups is 1. The molecule has 0 saturated heterocycles. The lowest BCUT2D eigenvalue weighted by molar-refractivity contribution is -0.522. The van der Waals surface area contributed by atoms with Crippen molar-refractivity contribution in [2.75, 3.05) is 32.6 Å². The van der Waals surface area contributed by atoms with Crippen LogP contribution in [0.3, 0.4) is 0 Å². The van der Waals surface area contributed by atoms with Gasteiger partial charge in [-0.15, -0.1) is 5.43 Å². The molecule has 0 saturated carbocycles. The Kier molecular flexibility index (Phi) is 6.44. The van der Waals surface area contributed by atoms with Crippen LogP contribution in [0.4, 0.5) is 11.4 Å². The van der Waals surface area contributed by atoms with Gasteiger partial charge < -0.3 is 9.64 Å². The normalized spacial score (nSPS) is 10.7. The fourth-order valence-electron chi connectivity index (χ4n) is 3.54. The molecule has 2 heterocycles. The van der Waals surface area contributed by atoms with E-state index in [-0.39, 0.29) is 11.4 Å². The van der Waals surface area contributed by atoms with E-state index in [2.05, 4.69) is 20.6 Å². The first-order chi connectivity index (χ1) is 16.9. The van der Waals surface area contributed by atoms with E-state index in [9.17, 15) is 14.5 Å². The van der Waals surface area contributed by atoms with Gasteiger partial charge in [-0.1, -0.05) is 12.1 Å². The maximum Gasteiger partial charge on any atom is 0.361 e. The Balaban J connectivity index is 2.02. The van der Waals surface area contributed by atoms with E-state index in [0.717, 1.165) is 5.56 Å². The molecule has 0 atom stereocenters. The minimum absolute atomic E-state index is 0.154. The fraction of sp³-hybridized carbons (Fsp3) is 0.217. The Morgan fingerprint density at radius 1 is 1.17 bits per heavy atom. The molecule has 0 unspecified atom stereocenters. The molecule has 12 nitrogen and oxygen atoms in total. The van der Waals surface area contributed by atoms with E-state index in [4.69, 9.17) is 4.74 Å². The second-order valence-corrected chi connectivity index (χ2v) is 7.60. The SMILES string of the molecule is CCN(C)c1cc(-c2cccc(OC)c2)nn(-c2cc(-n3cnc(=O)[nH]3)ccc2[N+](=O)NC)c1=O. The van der Waals surface area contributed by atoms with Gasteiger partial charge in [0.05, 0.1) is 30.4 Å². The van der Waals surface area contributed by atoms with Crippen molar-refractivity contribution in [3.05, 3.63) is 80.6 Å². The summed E-state index contributed by atoms with van der Waals surface area (Å²) in [5, 5.41) is 7.16. The molecule has 180 valence electrons. The van der Waals surface area contributed by atoms with E-state index in [1.165, 1.54) is 28.8 Å². The van der Waals surface area contributed by atoms with Gasteiger partial charge in [0, 0.05) is 25.2 Å². The van der Waals surface area contributed by atoms with Crippen LogP contribution in [-0.2, 0) is 0 Å². The van der Waals surface area contributed by atoms with Crippen molar-refractivity contribution >= 4 is 11.4 Å². The van der Waals surface area contributed by atoms with Crippen LogP contribution in [0.15, 0.2) is 64.4 Å². The summed E-state index contributed by atoms with van der Waals surface area (Å²) in [5.74, 6) is 0.639. The molecule has 0 aliphatic rings. The summed E-state index contributed by atoms with van der Waals surface area (Å²) < 4.78 is 7.92. The molecule has 35 heavy (non-hydrogen) atoms. The van der Waals surface area contributed by atoms with E-state index in [0.29, 0.717) is 34.2 Å². The first-order valence-electron chi connectivity index (χ1n) is 10.8. The smallest absolute Gasteiger partial charge is 0.361 e. The highest BCUT2D eigenvalue weighted by Crippen LogP contribution is 2.28. The average Bonchev–Trinajstić information content (AvgIpc) is 3.33. The van der Waals surface area contributed by atoms with Crippen LogP contribution in [0, 0.1) is 4.91 Å². The third-order valence-corrected chi connectivity index (χ3v) is 5.54. The molecule has 2 aromatic heterocycles. The van der Waals surface area contributed by atoms with Gasteiger partial charge in [-0.2, -0.15) is 14.8 Å². The number of rotatable bonds is 8. The van der Waals surface area contributed by atoms with Gasteiger partial charge >= 0.3 is 11.4 Å². The van der Waals surface area contributed by atoms with Crippen LogP contribution >= 0.6 is 0 Å². The Labute approximate surface area is 199 Å². The van der Waals surface area contributed by atoms with Crippen molar-refractivity contribution in [2.45, 2.75) is 6.92 Å². The molecular formula is C23H25N8O4+. The molecule has 0 bridgehead atoms. The number of anilines is 1. The number of nitrogens with one attached hydrogen (secondary N) is 2. The molecule has 4 rings (SSSR count). The summed E-state index contributed by atoms with van der Waals surface area (Å²) in [4.78, 5) is 43.8. The van der Waals surface area contributed by atoms with E-state index >= 15 is 0 Å². The van der Waals surface area contributed by atoms with E-state index in [1.807, 2.05) is 31.2 Å². The first-order valence-corrected chi connectivity index (χ1v) is 10.8. The fourth-order valence-corrected chi connectivity index (χ4v) is 3.54. The van der Waals surface area contributed by atoms with Crippen LogP contribution in [0.5, 0.6) is 5.75 Å². The second kappa shape index (κ2) is 9.63. The maximum atomic E-state index is 13.6. The Morgan fingerprint density at radius 2 is 1.97 bits per heavy atom. The number of benzene rings is 2. The van der Waals surface area contributed by atoms with Crippen molar-refractivity contribution in [3.63, 3.8) is 0 Å². The lowest BCUT2D eigenvalue weighted by atomic mass is 10.1. The lowest BCUT2D eigenvalue weighted by Gasteiger charge is -2.19. The highest BCUT2D eigenvalue weighted by Gasteiger charge is 2.25. The van der Waals surface area contributed by atoms with Crippen molar-refractivity contribution < 1.29 is 9.61 Å². The van der Waals surface area contributed by atoms with E-state index in [1.54, 1.807) is 37.3 Å². The molecule has 0 amide bonds. The van der Waals surface area contributed by atoms with Crippen molar-refractivity contribution in [3.8, 4) is 28.4 Å². The molecule has 0 radical (unpaired) electrons. The van der Waals surface area contributed by atoms with Crippen LogP contribution in [0.25, 0.3) is 22.6 Å². The minimum Gasteiger partial charge on any atom is -0.497 e. The lowest BCUT2D eigenvalue weighted by Crippen LogP contribution is -2.31. The second-order valence-electron chi connectivity index (χ2n) is 7.60. The van der Waals surface area contributed by atoms with Crippen LogP contribution < -0.4 is 26.3 Å². The topological polar surface area (TPSA) is 130 Å². The van der Waals surface area contributed by atoms with E-state index < -0.39 is 11.2 Å². The molecule has 2 aromatic carbocycles. The van der Waals surface area contributed by atoms with Gasteiger partial charge in [-0.05, 0) is 37.3 Å². The van der Waals surface area contributed by atoms with Crippen LogP contribution in [0.1, 0.15) is 6.92 Å². The monoisotopic (exact) mass is 477 g/mol. The summed E-state index contributed by atoms with van der Waals surface area (Å²) in [6.45, 7) is 2.50. The third-order valence-electron chi connectivity index (χ3n) is 5.54. The Bertz CT molecular complexity index is 1500. The van der Waals surface area contributed by atoms with Crippen molar-refractivity contribution in [1.29, 1.82) is 0 Å². The molecule has 0 aliphatic carbocycles. The summed E-state index contributed by atoms with van der Waals surface area (Å²) in [5.41, 5.74) is 4.05. The number of hydrogen-bond acceptors (Lipinski definition) is 7. The standard InChI is InChI=1S/C23H24N8O4/c1-5-28(3)21-13-18(15-7-6-8-17(11-15)35-4)26-30(22(21)32)20-12-16(29-14-25-23(33)27-29)9-10-19(20)31(34)24-2/h6-14H,5H2,1-4H3,(H-,24,27,33,34)/p+1. The summed E-state index contributed by atoms with van der Waals surface area (Å²) >= 11 is 0. The summed E-state index contributed by atoms with van der Waals surface area (Å²) in [7, 11) is 4.84. The minimum atomic E-state index is -0.529. The predicted molar refractivity (Wildman–Crippen MR) is 131 cm³/mol. The van der Waals surface area contributed by atoms with Gasteiger partial charge in [0.1, 0.15) is 17.8 Å². The van der Waals surface area contributed by atoms with Crippen LogP contribution in [-0.4, -0.2) is 57.2 Å². The van der Waals surface area contributed by atoms with Gasteiger partial charge in [0.25, 0.3) is 5.56 Å². The van der Waals surface area contributed by atoms with Crippen molar-refractivity contribution in [2.24, 2.45) is 0 Å². The zero-order valence-corrected chi connectivity index (χ0v) is 19.7. The number of nitroso groups, excluding NO2 is 1. The maximum absolute atomic E-state index is 13.6. The Morgan fingerprint density at radius 3 is 2.63 bits per heavy atom. The van der Waals surface area contributed by atoms with Gasteiger partial charge in [-0.25, -0.2) is 14.6 Å². The van der Waals surface area contributed by atoms with Gasteiger partial charge in [-0.3, -0.25) is 4.79 Å². The Hall–Kier alpha value is -4.74. The third kappa shape index (κ3) is 4.53. The molecule has 12 heteroatoms. The summed E-state index contributed by atoms with van der Waals surface area (Å²) in [6, 6.07) is 13.8. The number of methoxy groups -OCH3 is 1. The largest absolute Gasteiger partial charge is 0.497 e. The zero-order valence-electron chi connectivity index (χ0n) is 19.7. The van der Waals surface area contributed by atoms with Crippen LogP contribution in [0.2, 0.25) is 0 Å². The summed E-state index contributed by atoms with van der Waals surface area (Å²) in [6.07, 6.45) is 1.31. The first kappa shape index (κ1) is 23.4. The van der Waals surface area contributed by atoms with Gasteiger partial charge in [0.15, 0.2) is 10.6 Å². The number of aromatic amines is 1. The molecular weight excluding hydrogens is 452 g/mol. The predicted octanol–water partition coefficient (Wildman–Crippen LogP) is 1.78. The van der Waals surface area contributed by atoms with Crippen molar-refractivity contribution in [1.82, 2.24) is 30.0 Å². The number of hydrogen-bond donors (Lipinski definition) is 2. The molecule has 0 aliphatic heterocycles. The molecule has 4 aromatic rings. The van der Waals surface area contributed by atoms with Gasteiger partial charge in [0.2, 0.25) is 0 Å². The number of H-pyrrole nitrogens is 1. The quantitative estimate of drug-likeness (QED) is 0.290. The highest BCUT2D eigenvalue weighted by atomic mass is 16.5. The molecule has 2 N–H and O–H groups in total. The average molecular weight is 478 g/mol. The molecule has 0 fully saturated rings. The highest BCUT2D eigenvalue weighted by molar-refractivity contribution is 5.67. The number of nitrogens with zero attached hydrogens (tertiary/aromatic N) is 6.